The fraction of sp³-hybridized carbons (Fsp3) is 0.400. The van der Waals surface area contributed by atoms with E-state index in [0.29, 0.717) is 6.04 Å². The van der Waals surface area contributed by atoms with Crippen molar-refractivity contribution >= 4 is 11.3 Å². The molecule has 0 amide bonds. The van der Waals surface area contributed by atoms with Gasteiger partial charge in [0.05, 0.1) is 6.54 Å². The smallest absolute Gasteiger partial charge is 0.123 e. The highest BCUT2D eigenvalue weighted by Gasteiger charge is 2.24. The van der Waals surface area contributed by atoms with Crippen LogP contribution in [0.2, 0.25) is 0 Å². The molecule has 0 unspecified atom stereocenters. The summed E-state index contributed by atoms with van der Waals surface area (Å²) < 4.78 is 13.4. The van der Waals surface area contributed by atoms with Crippen molar-refractivity contribution < 1.29 is 4.39 Å². The molecule has 2 heterocycles. The lowest BCUT2D eigenvalue weighted by molar-refractivity contribution is 0.140. The predicted octanol–water partition coefficient (Wildman–Crippen LogP) is 4.01. The predicted molar refractivity (Wildman–Crippen MR) is 75.5 cm³/mol. The number of thiazole rings is 1. The van der Waals surface area contributed by atoms with Crippen LogP contribution in [0.1, 0.15) is 35.9 Å². The fourth-order valence-corrected chi connectivity index (χ4v) is 3.42. The topological polar surface area (TPSA) is 16.1 Å². The molecule has 0 saturated carbocycles. The SMILES string of the molecule is Fc1cccc([C@@H]2CCCCN2Cc2nccs2)c1. The van der Waals surface area contributed by atoms with Gasteiger partial charge in [-0.3, -0.25) is 4.90 Å². The van der Waals surface area contributed by atoms with Gasteiger partial charge < -0.3 is 0 Å². The number of hydrogen-bond donors (Lipinski definition) is 0. The Bertz CT molecular complexity index is 527. The zero-order valence-electron chi connectivity index (χ0n) is 10.8. The van der Waals surface area contributed by atoms with Crippen LogP contribution in [-0.4, -0.2) is 16.4 Å². The number of hydrogen-bond acceptors (Lipinski definition) is 3. The van der Waals surface area contributed by atoms with E-state index in [2.05, 4.69) is 9.88 Å². The molecule has 4 heteroatoms. The van der Waals surface area contributed by atoms with Crippen molar-refractivity contribution in [2.75, 3.05) is 6.54 Å². The molecule has 0 bridgehead atoms. The van der Waals surface area contributed by atoms with Gasteiger partial charge in [-0.25, -0.2) is 9.37 Å². The van der Waals surface area contributed by atoms with Gasteiger partial charge in [-0.1, -0.05) is 18.6 Å². The Balaban J connectivity index is 1.80. The second-order valence-electron chi connectivity index (χ2n) is 4.96. The molecule has 0 spiro atoms. The molecular formula is C15H17FN2S. The van der Waals surface area contributed by atoms with Crippen LogP contribution >= 0.6 is 11.3 Å². The third kappa shape index (κ3) is 3.01. The number of halogens is 1. The van der Waals surface area contributed by atoms with Gasteiger partial charge in [-0.05, 0) is 37.1 Å². The van der Waals surface area contributed by atoms with E-state index < -0.39 is 0 Å². The Morgan fingerprint density at radius 1 is 1.37 bits per heavy atom. The maximum Gasteiger partial charge on any atom is 0.123 e. The van der Waals surface area contributed by atoms with Crippen molar-refractivity contribution in [3.8, 4) is 0 Å². The number of aromatic nitrogens is 1. The van der Waals surface area contributed by atoms with Gasteiger partial charge in [0.25, 0.3) is 0 Å². The first-order valence-corrected chi connectivity index (χ1v) is 7.59. The van der Waals surface area contributed by atoms with Crippen molar-refractivity contribution in [1.82, 2.24) is 9.88 Å². The fourth-order valence-electron chi connectivity index (χ4n) is 2.78. The van der Waals surface area contributed by atoms with Crippen molar-refractivity contribution in [3.05, 3.63) is 52.2 Å². The normalized spacial score (nSPS) is 20.6. The number of likely N-dealkylation sites (tertiary alicyclic amines) is 1. The number of rotatable bonds is 3. The molecule has 100 valence electrons. The molecule has 1 aliphatic heterocycles. The number of piperidine rings is 1. The Labute approximate surface area is 116 Å². The highest BCUT2D eigenvalue weighted by Crippen LogP contribution is 2.32. The molecule has 2 nitrogen and oxygen atoms in total. The highest BCUT2D eigenvalue weighted by molar-refractivity contribution is 7.09. The van der Waals surface area contributed by atoms with Crippen molar-refractivity contribution in [2.45, 2.75) is 31.8 Å². The van der Waals surface area contributed by atoms with E-state index in [1.54, 1.807) is 23.5 Å². The Morgan fingerprint density at radius 2 is 2.32 bits per heavy atom. The molecule has 1 fully saturated rings. The molecule has 1 saturated heterocycles. The van der Waals surface area contributed by atoms with E-state index in [1.807, 2.05) is 17.6 Å². The summed E-state index contributed by atoms with van der Waals surface area (Å²) >= 11 is 1.69. The van der Waals surface area contributed by atoms with E-state index in [0.717, 1.165) is 30.1 Å². The van der Waals surface area contributed by atoms with Gasteiger partial charge in [-0.15, -0.1) is 11.3 Å². The van der Waals surface area contributed by atoms with Gasteiger partial charge in [0.2, 0.25) is 0 Å². The maximum atomic E-state index is 13.4. The van der Waals surface area contributed by atoms with Crippen LogP contribution in [-0.2, 0) is 6.54 Å². The summed E-state index contributed by atoms with van der Waals surface area (Å²) in [6.07, 6.45) is 5.39. The molecule has 1 atom stereocenters. The van der Waals surface area contributed by atoms with Gasteiger partial charge in [0, 0.05) is 17.6 Å². The third-order valence-corrected chi connectivity index (χ3v) is 4.43. The van der Waals surface area contributed by atoms with Crippen molar-refractivity contribution in [3.63, 3.8) is 0 Å². The molecule has 1 aromatic carbocycles. The maximum absolute atomic E-state index is 13.4. The summed E-state index contributed by atoms with van der Waals surface area (Å²) in [4.78, 5) is 6.79. The molecule has 0 N–H and O–H groups in total. The zero-order valence-corrected chi connectivity index (χ0v) is 11.6. The molecule has 1 aliphatic rings. The molecule has 0 aliphatic carbocycles. The Morgan fingerprint density at radius 3 is 3.11 bits per heavy atom. The summed E-state index contributed by atoms with van der Waals surface area (Å²) in [6.45, 7) is 1.94. The molecule has 1 aromatic heterocycles. The number of benzene rings is 1. The van der Waals surface area contributed by atoms with Crippen LogP contribution in [0, 0.1) is 5.82 Å². The largest absolute Gasteiger partial charge is 0.290 e. The lowest BCUT2D eigenvalue weighted by Gasteiger charge is -2.35. The summed E-state index contributed by atoms with van der Waals surface area (Å²) in [6, 6.07) is 7.35. The van der Waals surface area contributed by atoms with Crippen LogP contribution in [0.5, 0.6) is 0 Å². The zero-order chi connectivity index (χ0) is 13.1. The minimum absolute atomic E-state index is 0.141. The minimum atomic E-state index is -0.141. The molecule has 19 heavy (non-hydrogen) atoms. The number of nitrogens with zero attached hydrogens (tertiary/aromatic N) is 2. The van der Waals surface area contributed by atoms with Gasteiger partial charge in [0.15, 0.2) is 0 Å². The van der Waals surface area contributed by atoms with Crippen LogP contribution in [0.25, 0.3) is 0 Å². The summed E-state index contributed by atoms with van der Waals surface area (Å²) in [5.41, 5.74) is 1.09. The second-order valence-corrected chi connectivity index (χ2v) is 5.94. The van der Waals surface area contributed by atoms with E-state index in [1.165, 1.54) is 18.9 Å². The first-order valence-electron chi connectivity index (χ1n) is 6.71. The standard InChI is InChI=1S/C15H17FN2S/c16-13-5-3-4-12(10-13)14-6-1-2-8-18(14)11-15-17-7-9-19-15/h3-5,7,9-10,14H,1-2,6,8,11H2/t14-/m0/s1. The van der Waals surface area contributed by atoms with E-state index in [-0.39, 0.29) is 5.82 Å². The van der Waals surface area contributed by atoms with Crippen LogP contribution in [0.3, 0.4) is 0 Å². The van der Waals surface area contributed by atoms with Crippen molar-refractivity contribution in [1.29, 1.82) is 0 Å². The monoisotopic (exact) mass is 276 g/mol. The first kappa shape index (κ1) is 12.8. The van der Waals surface area contributed by atoms with E-state index in [4.69, 9.17) is 0 Å². The second kappa shape index (κ2) is 5.80. The summed E-state index contributed by atoms with van der Waals surface area (Å²) in [5, 5.41) is 3.15. The molecule has 0 radical (unpaired) electrons. The van der Waals surface area contributed by atoms with Gasteiger partial charge in [-0.2, -0.15) is 0 Å². The highest BCUT2D eigenvalue weighted by atomic mass is 32.1. The van der Waals surface area contributed by atoms with E-state index in [9.17, 15) is 4.39 Å². The summed E-state index contributed by atoms with van der Waals surface area (Å²) in [5.74, 6) is -0.141. The first-order chi connectivity index (χ1) is 9.33. The molecule has 3 rings (SSSR count). The quantitative estimate of drug-likeness (QED) is 0.842. The summed E-state index contributed by atoms with van der Waals surface area (Å²) in [7, 11) is 0. The minimum Gasteiger partial charge on any atom is -0.290 e. The average Bonchev–Trinajstić information content (AvgIpc) is 2.92. The Kier molecular flexibility index (Phi) is 3.89. The lowest BCUT2D eigenvalue weighted by atomic mass is 9.95. The van der Waals surface area contributed by atoms with Crippen LogP contribution in [0.4, 0.5) is 4.39 Å². The van der Waals surface area contributed by atoms with Crippen LogP contribution < -0.4 is 0 Å². The van der Waals surface area contributed by atoms with Crippen molar-refractivity contribution in [2.24, 2.45) is 0 Å². The lowest BCUT2D eigenvalue weighted by Crippen LogP contribution is -2.32. The average molecular weight is 276 g/mol. The third-order valence-electron chi connectivity index (χ3n) is 3.67. The van der Waals surface area contributed by atoms with Crippen LogP contribution in [0.15, 0.2) is 35.8 Å². The Hall–Kier alpha value is -1.26. The van der Waals surface area contributed by atoms with Gasteiger partial charge in [0.1, 0.15) is 10.8 Å². The van der Waals surface area contributed by atoms with Gasteiger partial charge >= 0.3 is 0 Å². The molecule has 2 aromatic rings. The molecular weight excluding hydrogens is 259 g/mol. The van der Waals surface area contributed by atoms with E-state index >= 15 is 0 Å².